The summed E-state index contributed by atoms with van der Waals surface area (Å²) in [5, 5.41) is 8.29. The number of carbonyl (C=O) groups is 1. The second kappa shape index (κ2) is 6.68. The molecule has 0 bridgehead atoms. The van der Waals surface area contributed by atoms with Crippen molar-refractivity contribution in [3.8, 4) is 11.8 Å². The molecule has 0 saturated carbocycles. The summed E-state index contributed by atoms with van der Waals surface area (Å²) < 4.78 is 0. The number of hydrogen-bond acceptors (Lipinski definition) is 2. The molecule has 3 nitrogen and oxygen atoms in total. The minimum Gasteiger partial charge on any atom is -0.472 e. The third-order valence-corrected chi connectivity index (χ3v) is 1.54. The lowest BCUT2D eigenvalue weighted by Crippen LogP contribution is -2.07. The predicted octanol–water partition coefficient (Wildman–Crippen LogP) is 0.840. The van der Waals surface area contributed by atoms with Crippen molar-refractivity contribution in [1.29, 1.82) is 0 Å². The fourth-order valence-corrected chi connectivity index (χ4v) is 1.00. The minimum atomic E-state index is -1.06. The predicted molar refractivity (Wildman–Crippen MR) is 47.5 cm³/mol. The number of carboxylic acid groups (broad SMARTS) is 1. The SMILES string of the molecule is CCCC(C#CC(=O)O)CCN. The molecule has 0 aromatic heterocycles. The summed E-state index contributed by atoms with van der Waals surface area (Å²) in [6.07, 6.45) is 2.73. The van der Waals surface area contributed by atoms with Gasteiger partial charge in [0.2, 0.25) is 0 Å². The van der Waals surface area contributed by atoms with E-state index in [0.717, 1.165) is 19.3 Å². The highest BCUT2D eigenvalue weighted by Gasteiger charge is 2.01. The Labute approximate surface area is 73.0 Å². The van der Waals surface area contributed by atoms with Crippen molar-refractivity contribution in [2.75, 3.05) is 6.54 Å². The Kier molecular flexibility index (Phi) is 6.12. The summed E-state index contributed by atoms with van der Waals surface area (Å²) in [7, 11) is 0. The van der Waals surface area contributed by atoms with Crippen molar-refractivity contribution < 1.29 is 9.90 Å². The molecule has 0 radical (unpaired) electrons. The van der Waals surface area contributed by atoms with Gasteiger partial charge in [0.25, 0.3) is 0 Å². The molecule has 0 aliphatic heterocycles. The maximum Gasteiger partial charge on any atom is 0.381 e. The highest BCUT2D eigenvalue weighted by Crippen LogP contribution is 2.08. The minimum absolute atomic E-state index is 0.149. The standard InChI is InChI=1S/C9H15NO2/c1-2-3-8(6-7-10)4-5-9(11)12/h8H,2-3,6-7,10H2,1H3,(H,11,12). The normalized spacial score (nSPS) is 11.5. The van der Waals surface area contributed by atoms with Crippen LogP contribution in [0, 0.1) is 17.8 Å². The molecule has 0 spiro atoms. The molecule has 0 heterocycles. The summed E-state index contributed by atoms with van der Waals surface area (Å²) in [5.74, 6) is 3.91. The lowest BCUT2D eigenvalue weighted by atomic mass is 10.0. The summed E-state index contributed by atoms with van der Waals surface area (Å²) in [6.45, 7) is 2.62. The largest absolute Gasteiger partial charge is 0.472 e. The van der Waals surface area contributed by atoms with Gasteiger partial charge in [-0.15, -0.1) is 0 Å². The van der Waals surface area contributed by atoms with Crippen LogP contribution >= 0.6 is 0 Å². The van der Waals surface area contributed by atoms with Crippen LogP contribution in [0.2, 0.25) is 0 Å². The Bertz CT molecular complexity index is 184. The van der Waals surface area contributed by atoms with Gasteiger partial charge in [0.1, 0.15) is 0 Å². The number of aliphatic carboxylic acids is 1. The van der Waals surface area contributed by atoms with Crippen molar-refractivity contribution >= 4 is 5.97 Å². The van der Waals surface area contributed by atoms with Crippen molar-refractivity contribution in [3.05, 3.63) is 0 Å². The molecule has 0 amide bonds. The highest BCUT2D eigenvalue weighted by atomic mass is 16.4. The summed E-state index contributed by atoms with van der Waals surface area (Å²) >= 11 is 0. The fraction of sp³-hybridized carbons (Fsp3) is 0.667. The van der Waals surface area contributed by atoms with E-state index in [1.807, 2.05) is 6.92 Å². The van der Waals surface area contributed by atoms with E-state index >= 15 is 0 Å². The molecule has 0 aromatic rings. The molecular formula is C9H15NO2. The zero-order valence-electron chi connectivity index (χ0n) is 7.34. The summed E-state index contributed by atoms with van der Waals surface area (Å²) in [5.41, 5.74) is 5.35. The van der Waals surface area contributed by atoms with Gasteiger partial charge in [-0.2, -0.15) is 0 Å². The molecule has 0 aliphatic rings. The molecule has 0 aromatic carbocycles. The third-order valence-electron chi connectivity index (χ3n) is 1.54. The molecule has 1 unspecified atom stereocenters. The van der Waals surface area contributed by atoms with Crippen molar-refractivity contribution in [1.82, 2.24) is 0 Å². The van der Waals surface area contributed by atoms with E-state index in [9.17, 15) is 4.79 Å². The first-order valence-electron chi connectivity index (χ1n) is 4.15. The van der Waals surface area contributed by atoms with Crippen molar-refractivity contribution in [2.45, 2.75) is 26.2 Å². The molecule has 3 N–H and O–H groups in total. The van der Waals surface area contributed by atoms with Crippen LogP contribution in [-0.2, 0) is 4.79 Å². The van der Waals surface area contributed by atoms with Crippen molar-refractivity contribution in [3.63, 3.8) is 0 Å². The second-order valence-electron chi connectivity index (χ2n) is 2.64. The fourth-order valence-electron chi connectivity index (χ4n) is 1.00. The zero-order chi connectivity index (χ0) is 9.40. The van der Waals surface area contributed by atoms with E-state index in [0.29, 0.717) is 6.54 Å². The number of nitrogens with two attached hydrogens (primary N) is 1. The Balaban J connectivity index is 3.95. The second-order valence-corrected chi connectivity index (χ2v) is 2.64. The van der Waals surface area contributed by atoms with Crippen LogP contribution < -0.4 is 5.73 Å². The molecule has 68 valence electrons. The maximum absolute atomic E-state index is 10.1. The van der Waals surface area contributed by atoms with Gasteiger partial charge in [-0.3, -0.25) is 0 Å². The lowest BCUT2D eigenvalue weighted by molar-refractivity contribution is -0.130. The Morgan fingerprint density at radius 2 is 2.25 bits per heavy atom. The van der Waals surface area contributed by atoms with E-state index in [4.69, 9.17) is 10.8 Å². The van der Waals surface area contributed by atoms with Crippen LogP contribution in [0.3, 0.4) is 0 Å². The van der Waals surface area contributed by atoms with Gasteiger partial charge in [-0.05, 0) is 19.4 Å². The van der Waals surface area contributed by atoms with Gasteiger partial charge in [-0.25, -0.2) is 4.79 Å². The van der Waals surface area contributed by atoms with Crippen LogP contribution in [0.5, 0.6) is 0 Å². The van der Waals surface area contributed by atoms with E-state index < -0.39 is 5.97 Å². The Hall–Kier alpha value is -1.01. The van der Waals surface area contributed by atoms with Gasteiger partial charge in [0, 0.05) is 11.8 Å². The molecule has 0 aliphatic carbocycles. The molecule has 1 atom stereocenters. The zero-order valence-corrected chi connectivity index (χ0v) is 7.34. The van der Waals surface area contributed by atoms with E-state index in [-0.39, 0.29) is 5.92 Å². The molecular weight excluding hydrogens is 154 g/mol. The number of hydrogen-bond donors (Lipinski definition) is 2. The first-order chi connectivity index (χ1) is 5.70. The van der Waals surface area contributed by atoms with Crippen molar-refractivity contribution in [2.24, 2.45) is 11.7 Å². The van der Waals surface area contributed by atoms with Gasteiger partial charge in [-0.1, -0.05) is 19.3 Å². The van der Waals surface area contributed by atoms with Gasteiger partial charge in [0.15, 0.2) is 0 Å². The first kappa shape index (κ1) is 11.0. The lowest BCUT2D eigenvalue weighted by Gasteiger charge is -2.05. The van der Waals surface area contributed by atoms with Gasteiger partial charge >= 0.3 is 5.97 Å². The van der Waals surface area contributed by atoms with Crippen LogP contribution in [0.1, 0.15) is 26.2 Å². The highest BCUT2D eigenvalue weighted by molar-refractivity contribution is 5.86. The van der Waals surface area contributed by atoms with E-state index in [1.54, 1.807) is 0 Å². The Morgan fingerprint density at radius 3 is 2.67 bits per heavy atom. The first-order valence-corrected chi connectivity index (χ1v) is 4.15. The third kappa shape index (κ3) is 5.75. The molecule has 0 fully saturated rings. The topological polar surface area (TPSA) is 63.3 Å². The van der Waals surface area contributed by atoms with Crippen LogP contribution in [0.4, 0.5) is 0 Å². The number of rotatable bonds is 4. The quantitative estimate of drug-likeness (QED) is 0.613. The van der Waals surface area contributed by atoms with Crippen LogP contribution in [-0.4, -0.2) is 17.6 Å². The average molecular weight is 169 g/mol. The summed E-state index contributed by atoms with van der Waals surface area (Å²) in [4.78, 5) is 10.1. The number of carboxylic acids is 1. The van der Waals surface area contributed by atoms with Crippen LogP contribution in [0.25, 0.3) is 0 Å². The van der Waals surface area contributed by atoms with E-state index in [2.05, 4.69) is 11.8 Å². The maximum atomic E-state index is 10.1. The van der Waals surface area contributed by atoms with Gasteiger partial charge in [0.05, 0.1) is 0 Å². The van der Waals surface area contributed by atoms with E-state index in [1.165, 1.54) is 0 Å². The molecule has 0 saturated heterocycles. The summed E-state index contributed by atoms with van der Waals surface area (Å²) in [6, 6.07) is 0. The molecule has 3 heteroatoms. The van der Waals surface area contributed by atoms with Gasteiger partial charge < -0.3 is 10.8 Å². The molecule has 0 rings (SSSR count). The monoisotopic (exact) mass is 169 g/mol. The Morgan fingerprint density at radius 1 is 1.58 bits per heavy atom. The average Bonchev–Trinajstić information content (AvgIpc) is 2.01. The smallest absolute Gasteiger partial charge is 0.381 e. The molecule has 12 heavy (non-hydrogen) atoms. The van der Waals surface area contributed by atoms with Crippen LogP contribution in [0.15, 0.2) is 0 Å².